The summed E-state index contributed by atoms with van der Waals surface area (Å²) in [4.78, 5) is 2.55. The van der Waals surface area contributed by atoms with Crippen LogP contribution in [0.4, 0.5) is 0 Å². The molecule has 0 N–H and O–H groups in total. The van der Waals surface area contributed by atoms with E-state index in [1.165, 1.54) is 30.5 Å². The Morgan fingerprint density at radius 2 is 1.44 bits per heavy atom. The van der Waals surface area contributed by atoms with Crippen LogP contribution in [-0.2, 0) is 13.0 Å². The van der Waals surface area contributed by atoms with Gasteiger partial charge in [0.1, 0.15) is 0 Å². The van der Waals surface area contributed by atoms with Crippen molar-refractivity contribution in [2.45, 2.75) is 25.4 Å². The molecule has 3 rings (SSSR count). The fraction of sp³-hybridized carbons (Fsp3) is 0.294. The zero-order valence-electron chi connectivity index (χ0n) is 10.6. The fourth-order valence-corrected chi connectivity index (χ4v) is 2.49. The maximum Gasteiger partial charge on any atom is 0.0237 e. The Hall–Kier alpha value is -1.60. The number of nitrogens with zero attached hydrogens (tertiary/aromatic N) is 1. The summed E-state index contributed by atoms with van der Waals surface area (Å²) >= 11 is 0. The lowest BCUT2D eigenvalue weighted by Crippen LogP contribution is -2.03. The van der Waals surface area contributed by atoms with Gasteiger partial charge in [-0.25, -0.2) is 0 Å². The summed E-state index contributed by atoms with van der Waals surface area (Å²) in [6, 6.07) is 22.3. The van der Waals surface area contributed by atoms with E-state index < -0.39 is 0 Å². The molecule has 0 saturated carbocycles. The van der Waals surface area contributed by atoms with Crippen LogP contribution in [0.3, 0.4) is 0 Å². The molecule has 0 radical (unpaired) electrons. The third kappa shape index (κ3) is 2.99. The summed E-state index contributed by atoms with van der Waals surface area (Å²) in [5, 5.41) is 0. The number of aryl methyl sites for hydroxylation is 1. The normalized spacial score (nSPS) is 21.8. The van der Waals surface area contributed by atoms with Gasteiger partial charge in [-0.3, -0.25) is 4.90 Å². The molecular weight excluding hydrogens is 218 g/mol. The molecule has 1 aliphatic heterocycles. The lowest BCUT2D eigenvalue weighted by atomic mass is 10.1. The van der Waals surface area contributed by atoms with Gasteiger partial charge < -0.3 is 0 Å². The lowest BCUT2D eigenvalue weighted by Gasteiger charge is -2.04. The second kappa shape index (κ2) is 5.36. The quantitative estimate of drug-likeness (QED) is 0.719. The SMILES string of the molecule is c1ccc(CCC2CN2Cc2ccccc2)cc1. The fourth-order valence-electron chi connectivity index (χ4n) is 2.49. The van der Waals surface area contributed by atoms with Gasteiger partial charge in [0.15, 0.2) is 0 Å². The number of rotatable bonds is 5. The summed E-state index contributed by atoms with van der Waals surface area (Å²) in [5.74, 6) is 0. The molecule has 2 unspecified atom stereocenters. The van der Waals surface area contributed by atoms with Crippen LogP contribution in [0.15, 0.2) is 60.7 Å². The largest absolute Gasteiger partial charge is 0.293 e. The van der Waals surface area contributed by atoms with Crippen LogP contribution in [0.2, 0.25) is 0 Å². The molecule has 18 heavy (non-hydrogen) atoms. The van der Waals surface area contributed by atoms with E-state index in [9.17, 15) is 0 Å². The molecule has 0 spiro atoms. The van der Waals surface area contributed by atoms with Crippen molar-refractivity contribution in [3.8, 4) is 0 Å². The van der Waals surface area contributed by atoms with Crippen LogP contribution in [0.5, 0.6) is 0 Å². The van der Waals surface area contributed by atoms with Crippen molar-refractivity contribution in [2.24, 2.45) is 0 Å². The van der Waals surface area contributed by atoms with Crippen molar-refractivity contribution >= 4 is 0 Å². The van der Waals surface area contributed by atoms with Crippen LogP contribution in [0.25, 0.3) is 0 Å². The first-order chi connectivity index (χ1) is 8.92. The maximum absolute atomic E-state index is 2.55. The summed E-state index contributed by atoms with van der Waals surface area (Å²) in [7, 11) is 0. The van der Waals surface area contributed by atoms with E-state index in [0.29, 0.717) is 0 Å². The van der Waals surface area contributed by atoms with E-state index in [4.69, 9.17) is 0 Å². The Kier molecular flexibility index (Phi) is 3.42. The standard InChI is InChI=1S/C17H19N/c1-3-7-15(8-4-1)11-12-17-14-18(17)13-16-9-5-2-6-10-16/h1-10,17H,11-14H2. The molecule has 92 valence electrons. The highest BCUT2D eigenvalue weighted by molar-refractivity contribution is 5.17. The Bertz CT molecular complexity index is 477. The van der Waals surface area contributed by atoms with Gasteiger partial charge in [0.05, 0.1) is 0 Å². The minimum absolute atomic E-state index is 0.797. The number of benzene rings is 2. The number of hydrogen-bond acceptors (Lipinski definition) is 1. The summed E-state index contributed by atoms with van der Waals surface area (Å²) in [5.41, 5.74) is 2.89. The molecule has 2 atom stereocenters. The molecule has 1 heteroatoms. The first-order valence-corrected chi connectivity index (χ1v) is 6.74. The van der Waals surface area contributed by atoms with E-state index in [1.54, 1.807) is 0 Å². The van der Waals surface area contributed by atoms with Crippen LogP contribution in [0, 0.1) is 0 Å². The van der Waals surface area contributed by atoms with E-state index in [2.05, 4.69) is 65.6 Å². The average Bonchev–Trinajstić information content (AvgIpc) is 3.17. The second-order valence-corrected chi connectivity index (χ2v) is 5.09. The van der Waals surface area contributed by atoms with Crippen molar-refractivity contribution in [1.29, 1.82) is 0 Å². The summed E-state index contributed by atoms with van der Waals surface area (Å²) in [6.07, 6.45) is 2.49. The van der Waals surface area contributed by atoms with Gasteiger partial charge in [0.25, 0.3) is 0 Å². The smallest absolute Gasteiger partial charge is 0.0237 e. The van der Waals surface area contributed by atoms with Crippen molar-refractivity contribution < 1.29 is 0 Å². The predicted octanol–water partition coefficient (Wildman–Crippen LogP) is 3.50. The molecular formula is C17H19N. The molecule has 2 aromatic carbocycles. The minimum Gasteiger partial charge on any atom is -0.293 e. The molecule has 0 aliphatic carbocycles. The molecule has 1 fully saturated rings. The Morgan fingerprint density at radius 1 is 0.833 bits per heavy atom. The average molecular weight is 237 g/mol. The maximum atomic E-state index is 2.55. The molecule has 0 bridgehead atoms. The predicted molar refractivity (Wildman–Crippen MR) is 75.4 cm³/mol. The first kappa shape index (κ1) is 11.5. The highest BCUT2D eigenvalue weighted by atomic mass is 15.3. The molecule has 0 amide bonds. The first-order valence-electron chi connectivity index (χ1n) is 6.74. The van der Waals surface area contributed by atoms with Gasteiger partial charge in [-0.15, -0.1) is 0 Å². The van der Waals surface area contributed by atoms with Gasteiger partial charge in [0.2, 0.25) is 0 Å². The Balaban J connectivity index is 1.45. The van der Waals surface area contributed by atoms with Gasteiger partial charge in [0, 0.05) is 19.1 Å². The molecule has 1 heterocycles. The summed E-state index contributed by atoms with van der Waals surface area (Å²) < 4.78 is 0. The van der Waals surface area contributed by atoms with Crippen molar-refractivity contribution in [1.82, 2.24) is 4.90 Å². The van der Waals surface area contributed by atoms with E-state index in [1.807, 2.05) is 0 Å². The minimum atomic E-state index is 0.797. The highest BCUT2D eigenvalue weighted by Gasteiger charge is 2.32. The zero-order chi connectivity index (χ0) is 12.2. The number of hydrogen-bond donors (Lipinski definition) is 0. The molecule has 2 aromatic rings. The third-order valence-electron chi connectivity index (χ3n) is 3.67. The van der Waals surface area contributed by atoms with Gasteiger partial charge >= 0.3 is 0 Å². The Labute approximate surface area is 109 Å². The van der Waals surface area contributed by atoms with Gasteiger partial charge in [-0.05, 0) is 24.0 Å². The topological polar surface area (TPSA) is 3.01 Å². The summed E-state index contributed by atoms with van der Waals surface area (Å²) in [6.45, 7) is 2.38. The van der Waals surface area contributed by atoms with Gasteiger partial charge in [-0.1, -0.05) is 60.7 Å². The monoisotopic (exact) mass is 237 g/mol. The van der Waals surface area contributed by atoms with Gasteiger partial charge in [-0.2, -0.15) is 0 Å². The van der Waals surface area contributed by atoms with Crippen LogP contribution in [-0.4, -0.2) is 17.5 Å². The molecule has 1 aliphatic rings. The molecule has 1 saturated heterocycles. The van der Waals surface area contributed by atoms with Crippen LogP contribution < -0.4 is 0 Å². The van der Waals surface area contributed by atoms with Crippen LogP contribution in [0.1, 0.15) is 17.5 Å². The van der Waals surface area contributed by atoms with Crippen molar-refractivity contribution in [3.05, 3.63) is 71.8 Å². The van der Waals surface area contributed by atoms with Crippen molar-refractivity contribution in [2.75, 3.05) is 6.54 Å². The van der Waals surface area contributed by atoms with E-state index >= 15 is 0 Å². The second-order valence-electron chi connectivity index (χ2n) is 5.09. The van der Waals surface area contributed by atoms with E-state index in [-0.39, 0.29) is 0 Å². The highest BCUT2D eigenvalue weighted by Crippen LogP contribution is 2.25. The molecule has 0 aromatic heterocycles. The third-order valence-corrected chi connectivity index (χ3v) is 3.67. The Morgan fingerprint density at radius 3 is 2.11 bits per heavy atom. The lowest BCUT2D eigenvalue weighted by molar-refractivity contribution is 0.487. The zero-order valence-corrected chi connectivity index (χ0v) is 10.6. The van der Waals surface area contributed by atoms with Crippen molar-refractivity contribution in [3.63, 3.8) is 0 Å². The molecule has 1 nitrogen and oxygen atoms in total. The van der Waals surface area contributed by atoms with E-state index in [0.717, 1.165) is 12.6 Å². The van der Waals surface area contributed by atoms with Crippen LogP contribution >= 0.6 is 0 Å².